The summed E-state index contributed by atoms with van der Waals surface area (Å²) in [6.45, 7) is 0.634. The highest BCUT2D eigenvalue weighted by molar-refractivity contribution is 6.30. The zero-order chi connectivity index (χ0) is 13.9. The van der Waals surface area contributed by atoms with Crippen molar-refractivity contribution in [1.29, 1.82) is 0 Å². The van der Waals surface area contributed by atoms with Crippen LogP contribution in [-0.2, 0) is 6.54 Å². The molecule has 0 bridgehead atoms. The fourth-order valence-electron chi connectivity index (χ4n) is 2.66. The lowest BCUT2D eigenvalue weighted by Gasteiger charge is -2.15. The first-order valence-electron chi connectivity index (χ1n) is 6.94. The first kappa shape index (κ1) is 13.4. The molecule has 1 aromatic carbocycles. The Kier molecular flexibility index (Phi) is 3.92. The van der Waals surface area contributed by atoms with Gasteiger partial charge in [-0.3, -0.25) is 0 Å². The van der Waals surface area contributed by atoms with Crippen molar-refractivity contribution in [2.75, 3.05) is 5.32 Å². The van der Waals surface area contributed by atoms with E-state index in [9.17, 15) is 4.39 Å². The predicted octanol–water partition coefficient (Wildman–Crippen LogP) is 4.08. The lowest BCUT2D eigenvalue weighted by molar-refractivity contribution is 0.626. The van der Waals surface area contributed by atoms with Crippen LogP contribution in [0.2, 0.25) is 5.02 Å². The molecule has 3 nitrogen and oxygen atoms in total. The smallest absolute Gasteiger partial charge is 0.203 e. The number of nitrogens with zero attached hydrogens (tertiary/aromatic N) is 2. The molecule has 0 saturated heterocycles. The van der Waals surface area contributed by atoms with E-state index < -0.39 is 0 Å². The van der Waals surface area contributed by atoms with Crippen molar-refractivity contribution in [3.8, 4) is 0 Å². The van der Waals surface area contributed by atoms with Crippen LogP contribution in [0.15, 0.2) is 30.6 Å². The molecule has 1 saturated carbocycles. The highest BCUT2D eigenvalue weighted by atomic mass is 35.5. The van der Waals surface area contributed by atoms with E-state index in [1.807, 2.05) is 10.8 Å². The van der Waals surface area contributed by atoms with Crippen LogP contribution < -0.4 is 5.32 Å². The summed E-state index contributed by atoms with van der Waals surface area (Å²) >= 11 is 5.82. The van der Waals surface area contributed by atoms with Crippen molar-refractivity contribution < 1.29 is 4.39 Å². The average molecular weight is 294 g/mol. The van der Waals surface area contributed by atoms with E-state index in [2.05, 4.69) is 10.3 Å². The van der Waals surface area contributed by atoms with E-state index in [1.54, 1.807) is 18.3 Å². The van der Waals surface area contributed by atoms with Crippen LogP contribution >= 0.6 is 11.6 Å². The summed E-state index contributed by atoms with van der Waals surface area (Å²) in [5.74, 6) is 0.489. The van der Waals surface area contributed by atoms with Crippen LogP contribution in [0.3, 0.4) is 0 Å². The third kappa shape index (κ3) is 2.96. The molecule has 1 heterocycles. The number of hydrogen-bond acceptors (Lipinski definition) is 2. The first-order valence-corrected chi connectivity index (χ1v) is 7.32. The minimum atomic E-state index is -0.384. The molecular formula is C15H17ClFN3. The van der Waals surface area contributed by atoms with Gasteiger partial charge in [-0.2, -0.15) is 0 Å². The molecule has 0 radical (unpaired) electrons. The summed E-state index contributed by atoms with van der Waals surface area (Å²) in [5.41, 5.74) is 0.962. The third-order valence-corrected chi connectivity index (χ3v) is 4.03. The van der Waals surface area contributed by atoms with E-state index in [4.69, 9.17) is 11.6 Å². The zero-order valence-corrected chi connectivity index (χ0v) is 11.9. The van der Waals surface area contributed by atoms with Gasteiger partial charge in [0.1, 0.15) is 5.82 Å². The largest absolute Gasteiger partial charge is 0.353 e. The van der Waals surface area contributed by atoms with Crippen LogP contribution in [-0.4, -0.2) is 15.6 Å². The number of hydrogen-bond donors (Lipinski definition) is 1. The second kappa shape index (κ2) is 5.83. The first-order chi connectivity index (χ1) is 9.72. The van der Waals surface area contributed by atoms with Gasteiger partial charge in [0.2, 0.25) is 5.95 Å². The Labute approximate surface area is 122 Å². The number of imidazole rings is 1. The topological polar surface area (TPSA) is 29.9 Å². The maximum atomic E-state index is 13.2. The molecule has 1 aliphatic rings. The average Bonchev–Trinajstić information content (AvgIpc) is 3.07. The standard InChI is InChI=1S/C15H17ClFN3/c16-13-9-11(5-6-14(13)17)10-20-8-7-18-15(20)19-12-3-1-2-4-12/h5-9,12H,1-4,10H2,(H,18,19). The summed E-state index contributed by atoms with van der Waals surface area (Å²) < 4.78 is 15.2. The number of nitrogens with one attached hydrogen (secondary N) is 1. The maximum absolute atomic E-state index is 13.2. The molecule has 3 rings (SSSR count). The Balaban J connectivity index is 1.73. The summed E-state index contributed by atoms with van der Waals surface area (Å²) in [4.78, 5) is 4.36. The van der Waals surface area contributed by atoms with Crippen molar-refractivity contribution in [2.45, 2.75) is 38.3 Å². The van der Waals surface area contributed by atoms with E-state index in [1.165, 1.54) is 31.7 Å². The van der Waals surface area contributed by atoms with Crippen LogP contribution in [0.4, 0.5) is 10.3 Å². The minimum Gasteiger partial charge on any atom is -0.353 e. The predicted molar refractivity (Wildman–Crippen MR) is 78.6 cm³/mol. The number of benzene rings is 1. The molecule has 5 heteroatoms. The van der Waals surface area contributed by atoms with Gasteiger partial charge in [0.15, 0.2) is 0 Å². The molecule has 0 amide bonds. The quantitative estimate of drug-likeness (QED) is 0.920. The van der Waals surface area contributed by atoms with Gasteiger partial charge in [-0.15, -0.1) is 0 Å². The zero-order valence-electron chi connectivity index (χ0n) is 11.1. The Morgan fingerprint density at radius 2 is 2.15 bits per heavy atom. The molecule has 0 atom stereocenters. The van der Waals surface area contributed by atoms with Crippen molar-refractivity contribution >= 4 is 17.5 Å². The molecule has 2 aromatic rings. The molecule has 106 valence electrons. The van der Waals surface area contributed by atoms with Gasteiger partial charge in [0.25, 0.3) is 0 Å². The summed E-state index contributed by atoms with van der Waals surface area (Å²) in [5, 5.41) is 3.64. The molecule has 20 heavy (non-hydrogen) atoms. The number of halogens is 2. The van der Waals surface area contributed by atoms with E-state index in [-0.39, 0.29) is 10.8 Å². The summed E-state index contributed by atoms with van der Waals surface area (Å²) in [7, 11) is 0. The van der Waals surface area contributed by atoms with Crippen molar-refractivity contribution in [2.24, 2.45) is 0 Å². The molecule has 1 fully saturated rings. The number of aromatic nitrogens is 2. The molecule has 1 aliphatic carbocycles. The van der Waals surface area contributed by atoms with Gasteiger partial charge in [0, 0.05) is 18.4 Å². The summed E-state index contributed by atoms with van der Waals surface area (Å²) in [6, 6.07) is 5.34. The molecule has 0 spiro atoms. The van der Waals surface area contributed by atoms with E-state index >= 15 is 0 Å². The Morgan fingerprint density at radius 3 is 2.90 bits per heavy atom. The third-order valence-electron chi connectivity index (χ3n) is 3.74. The highest BCUT2D eigenvalue weighted by Crippen LogP contribution is 2.22. The number of anilines is 1. The lowest BCUT2D eigenvalue weighted by Crippen LogP contribution is -2.18. The number of rotatable bonds is 4. The second-order valence-electron chi connectivity index (χ2n) is 5.25. The normalized spacial score (nSPS) is 15.7. The second-order valence-corrected chi connectivity index (χ2v) is 5.66. The molecular weight excluding hydrogens is 277 g/mol. The van der Waals surface area contributed by atoms with Crippen molar-refractivity contribution in [3.05, 3.63) is 47.0 Å². The van der Waals surface area contributed by atoms with Crippen LogP contribution in [0.5, 0.6) is 0 Å². The SMILES string of the molecule is Fc1ccc(Cn2ccnc2NC2CCCC2)cc1Cl. The van der Waals surface area contributed by atoms with Crippen LogP contribution in [0, 0.1) is 5.82 Å². The van der Waals surface area contributed by atoms with Gasteiger partial charge < -0.3 is 9.88 Å². The Hall–Kier alpha value is -1.55. The fraction of sp³-hybridized carbons (Fsp3) is 0.400. The highest BCUT2D eigenvalue weighted by Gasteiger charge is 2.16. The monoisotopic (exact) mass is 293 g/mol. The minimum absolute atomic E-state index is 0.160. The van der Waals surface area contributed by atoms with Gasteiger partial charge in [-0.05, 0) is 30.5 Å². The Morgan fingerprint density at radius 1 is 1.35 bits per heavy atom. The fourth-order valence-corrected chi connectivity index (χ4v) is 2.87. The van der Waals surface area contributed by atoms with Crippen molar-refractivity contribution in [3.63, 3.8) is 0 Å². The van der Waals surface area contributed by atoms with Crippen molar-refractivity contribution in [1.82, 2.24) is 9.55 Å². The summed E-state index contributed by atoms with van der Waals surface area (Å²) in [6.07, 6.45) is 8.68. The molecule has 0 unspecified atom stereocenters. The van der Waals surface area contributed by atoms with E-state index in [0.717, 1.165) is 11.5 Å². The van der Waals surface area contributed by atoms with Crippen LogP contribution in [0.25, 0.3) is 0 Å². The molecule has 1 aromatic heterocycles. The van der Waals surface area contributed by atoms with E-state index in [0.29, 0.717) is 12.6 Å². The molecule has 0 aliphatic heterocycles. The van der Waals surface area contributed by atoms with Gasteiger partial charge >= 0.3 is 0 Å². The van der Waals surface area contributed by atoms with Crippen LogP contribution in [0.1, 0.15) is 31.2 Å². The van der Waals surface area contributed by atoms with Gasteiger partial charge in [0.05, 0.1) is 11.6 Å². The maximum Gasteiger partial charge on any atom is 0.203 e. The molecule has 1 N–H and O–H groups in total. The lowest BCUT2D eigenvalue weighted by atomic mass is 10.2. The Bertz CT molecular complexity index is 591. The van der Waals surface area contributed by atoms with Gasteiger partial charge in [-0.1, -0.05) is 30.5 Å². The van der Waals surface area contributed by atoms with Gasteiger partial charge in [-0.25, -0.2) is 9.37 Å².